The highest BCUT2D eigenvalue weighted by atomic mass is 16.5. The second-order valence-corrected chi connectivity index (χ2v) is 7.06. The van der Waals surface area contributed by atoms with Crippen molar-refractivity contribution in [3.63, 3.8) is 0 Å². The zero-order valence-electron chi connectivity index (χ0n) is 13.7. The number of fused-ring (bicyclic) bond motifs is 2. The van der Waals surface area contributed by atoms with E-state index in [9.17, 15) is 0 Å². The molecule has 2 aliphatic heterocycles. The third-order valence-electron chi connectivity index (χ3n) is 5.44. The lowest BCUT2D eigenvalue weighted by Crippen LogP contribution is -2.36. The van der Waals surface area contributed by atoms with Crippen molar-refractivity contribution in [2.24, 2.45) is 5.92 Å². The van der Waals surface area contributed by atoms with E-state index >= 15 is 0 Å². The molecule has 0 N–H and O–H groups in total. The summed E-state index contributed by atoms with van der Waals surface area (Å²) in [5, 5.41) is 0. The molecule has 0 saturated carbocycles. The predicted molar refractivity (Wildman–Crippen MR) is 91.2 cm³/mol. The summed E-state index contributed by atoms with van der Waals surface area (Å²) in [7, 11) is 0. The highest BCUT2D eigenvalue weighted by Gasteiger charge is 2.39. The maximum absolute atomic E-state index is 5.43. The molecule has 0 amide bonds. The van der Waals surface area contributed by atoms with Crippen LogP contribution in [0.2, 0.25) is 0 Å². The number of hydrogen-bond donors (Lipinski definition) is 0. The van der Waals surface area contributed by atoms with Gasteiger partial charge in [-0.2, -0.15) is 0 Å². The maximum atomic E-state index is 5.43. The van der Waals surface area contributed by atoms with Gasteiger partial charge < -0.3 is 9.64 Å². The van der Waals surface area contributed by atoms with Gasteiger partial charge in [0.15, 0.2) is 0 Å². The van der Waals surface area contributed by atoms with Crippen molar-refractivity contribution < 1.29 is 4.74 Å². The van der Waals surface area contributed by atoms with Gasteiger partial charge in [-0.15, -0.1) is 0 Å². The largest absolute Gasteiger partial charge is 0.378 e. The average molecular weight is 298 g/mol. The molecule has 2 bridgehead atoms. The van der Waals surface area contributed by atoms with E-state index in [1.54, 1.807) is 5.57 Å². The minimum atomic E-state index is 0.663. The minimum absolute atomic E-state index is 0.663. The van der Waals surface area contributed by atoms with Gasteiger partial charge in [-0.1, -0.05) is 18.2 Å². The van der Waals surface area contributed by atoms with Crippen LogP contribution in [0.25, 0.3) is 5.57 Å². The molecular formula is C19H26N2O. The summed E-state index contributed by atoms with van der Waals surface area (Å²) < 4.78 is 5.43. The molecule has 3 heteroatoms. The first-order valence-electron chi connectivity index (χ1n) is 8.63. The maximum Gasteiger partial charge on any atom is 0.0642 e. The van der Waals surface area contributed by atoms with Crippen molar-refractivity contribution >= 4 is 11.3 Å². The van der Waals surface area contributed by atoms with Gasteiger partial charge in [0, 0.05) is 37.4 Å². The van der Waals surface area contributed by atoms with Crippen LogP contribution in [0.5, 0.6) is 0 Å². The Labute approximate surface area is 133 Å². The zero-order chi connectivity index (χ0) is 15.1. The lowest BCUT2D eigenvalue weighted by molar-refractivity contribution is 0.122. The first kappa shape index (κ1) is 14.3. The molecule has 2 atom stereocenters. The molecule has 2 unspecified atom stereocenters. The molecule has 3 nitrogen and oxygen atoms in total. The molecule has 0 radical (unpaired) electrons. The molecule has 0 spiro atoms. The van der Waals surface area contributed by atoms with Gasteiger partial charge in [-0.25, -0.2) is 0 Å². The summed E-state index contributed by atoms with van der Waals surface area (Å²) in [6.07, 6.45) is 3.83. The third-order valence-corrected chi connectivity index (χ3v) is 5.44. The van der Waals surface area contributed by atoms with Gasteiger partial charge in [-0.05, 0) is 49.5 Å². The lowest BCUT2D eigenvalue weighted by atomic mass is 9.95. The first-order valence-corrected chi connectivity index (χ1v) is 8.63. The summed E-state index contributed by atoms with van der Waals surface area (Å²) in [5.74, 6) is 0.738. The molecule has 1 aromatic rings. The number of benzene rings is 1. The Hall–Kier alpha value is -1.32. The quantitative estimate of drug-likeness (QED) is 0.853. The molecule has 1 aromatic carbocycles. The summed E-state index contributed by atoms with van der Waals surface area (Å²) in [6, 6.07) is 10.5. The fraction of sp³-hybridized carbons (Fsp3) is 0.579. The van der Waals surface area contributed by atoms with Crippen molar-refractivity contribution in [1.29, 1.82) is 0 Å². The van der Waals surface area contributed by atoms with Crippen molar-refractivity contribution in [3.05, 3.63) is 35.9 Å². The van der Waals surface area contributed by atoms with Crippen molar-refractivity contribution in [1.82, 2.24) is 4.90 Å². The van der Waals surface area contributed by atoms with Gasteiger partial charge >= 0.3 is 0 Å². The van der Waals surface area contributed by atoms with Crippen molar-refractivity contribution in [2.75, 3.05) is 37.7 Å². The fourth-order valence-corrected chi connectivity index (χ4v) is 4.24. The van der Waals surface area contributed by atoms with Gasteiger partial charge in [0.2, 0.25) is 0 Å². The topological polar surface area (TPSA) is 15.7 Å². The predicted octanol–water partition coefficient (Wildman–Crippen LogP) is 3.02. The van der Waals surface area contributed by atoms with E-state index in [1.165, 1.54) is 24.2 Å². The van der Waals surface area contributed by atoms with E-state index in [1.807, 2.05) is 0 Å². The van der Waals surface area contributed by atoms with Crippen LogP contribution in [0.15, 0.2) is 30.3 Å². The second-order valence-electron chi connectivity index (χ2n) is 7.06. The van der Waals surface area contributed by atoms with Gasteiger partial charge in [-0.3, -0.25) is 4.90 Å². The summed E-state index contributed by atoms with van der Waals surface area (Å²) in [4.78, 5) is 5.05. The molecule has 0 aromatic heterocycles. The lowest BCUT2D eigenvalue weighted by Gasteiger charge is -2.30. The van der Waals surface area contributed by atoms with E-state index in [-0.39, 0.29) is 0 Å². The van der Waals surface area contributed by atoms with Crippen LogP contribution >= 0.6 is 0 Å². The Morgan fingerprint density at radius 1 is 1.09 bits per heavy atom. The summed E-state index contributed by atoms with van der Waals surface area (Å²) >= 11 is 0. The van der Waals surface area contributed by atoms with Crippen LogP contribution in [0.3, 0.4) is 0 Å². The molecule has 2 fully saturated rings. The van der Waals surface area contributed by atoms with Crippen molar-refractivity contribution in [2.45, 2.75) is 32.4 Å². The number of rotatable bonds is 3. The normalized spacial score (nSPS) is 28.5. The molecule has 22 heavy (non-hydrogen) atoms. The van der Waals surface area contributed by atoms with E-state index in [2.05, 4.69) is 54.0 Å². The number of morpholine rings is 1. The Balaban J connectivity index is 1.50. The molecule has 3 aliphatic rings. The summed E-state index contributed by atoms with van der Waals surface area (Å²) in [6.45, 7) is 9.58. The Morgan fingerprint density at radius 3 is 2.41 bits per heavy atom. The van der Waals surface area contributed by atoms with E-state index in [4.69, 9.17) is 4.74 Å². The Kier molecular flexibility index (Phi) is 3.71. The number of likely N-dealkylation sites (tertiary alicyclic amines) is 1. The first-order chi connectivity index (χ1) is 10.7. The zero-order valence-corrected chi connectivity index (χ0v) is 13.7. The van der Waals surface area contributed by atoms with Gasteiger partial charge in [0.25, 0.3) is 0 Å². The Morgan fingerprint density at radius 2 is 1.82 bits per heavy atom. The number of ether oxygens (including phenoxy) is 1. The smallest absolute Gasteiger partial charge is 0.0642 e. The molecule has 4 rings (SSSR count). The second kappa shape index (κ2) is 5.71. The monoisotopic (exact) mass is 298 g/mol. The van der Waals surface area contributed by atoms with E-state index in [0.29, 0.717) is 12.1 Å². The van der Waals surface area contributed by atoms with Crippen LogP contribution in [-0.2, 0) is 4.74 Å². The minimum Gasteiger partial charge on any atom is -0.378 e. The fourth-order valence-electron chi connectivity index (χ4n) is 4.24. The number of anilines is 1. The van der Waals surface area contributed by atoms with Gasteiger partial charge in [0.1, 0.15) is 0 Å². The van der Waals surface area contributed by atoms with Crippen LogP contribution in [0.1, 0.15) is 25.8 Å². The van der Waals surface area contributed by atoms with E-state index in [0.717, 1.165) is 32.2 Å². The number of hydrogen-bond acceptors (Lipinski definition) is 3. The Bertz CT molecular complexity index is 557. The molecule has 1 aliphatic carbocycles. The van der Waals surface area contributed by atoms with Crippen LogP contribution in [0, 0.1) is 5.92 Å². The molecular weight excluding hydrogens is 272 g/mol. The third kappa shape index (κ3) is 2.46. The van der Waals surface area contributed by atoms with Crippen LogP contribution in [-0.4, -0.2) is 49.8 Å². The highest BCUT2D eigenvalue weighted by molar-refractivity contribution is 5.73. The average Bonchev–Trinajstić information content (AvgIpc) is 3.16. The van der Waals surface area contributed by atoms with Crippen LogP contribution in [0.4, 0.5) is 5.69 Å². The molecule has 2 heterocycles. The molecule has 118 valence electrons. The number of nitrogens with zero attached hydrogens (tertiary/aromatic N) is 2. The van der Waals surface area contributed by atoms with E-state index < -0.39 is 0 Å². The van der Waals surface area contributed by atoms with Gasteiger partial charge in [0.05, 0.1) is 13.2 Å². The summed E-state index contributed by atoms with van der Waals surface area (Å²) in [5.41, 5.74) is 4.34. The van der Waals surface area contributed by atoms with Crippen LogP contribution < -0.4 is 4.90 Å². The standard InChI is InChI=1S/C19H26N2O/c1-14(2)21-13-16-11-18(21)12-19(16)15-3-5-17(6-4-15)20-7-9-22-10-8-20/h3-6,12,14,16,18H,7-11,13H2,1-2H3. The highest BCUT2D eigenvalue weighted by Crippen LogP contribution is 2.43. The van der Waals surface area contributed by atoms with Crippen molar-refractivity contribution in [3.8, 4) is 0 Å². The molecule has 2 saturated heterocycles. The SMILES string of the molecule is CC(C)N1CC2CC1C=C2c1ccc(N2CCOCC2)cc1.